The van der Waals surface area contributed by atoms with E-state index in [1.165, 1.54) is 12.1 Å². The third-order valence-corrected chi connectivity index (χ3v) is 3.52. The van der Waals surface area contributed by atoms with Gasteiger partial charge in [-0.15, -0.1) is 0 Å². The Morgan fingerprint density at radius 2 is 2.12 bits per heavy atom. The van der Waals surface area contributed by atoms with Gasteiger partial charge in [-0.2, -0.15) is 0 Å². The van der Waals surface area contributed by atoms with Crippen molar-refractivity contribution in [2.75, 3.05) is 11.4 Å². The van der Waals surface area contributed by atoms with E-state index >= 15 is 0 Å². The van der Waals surface area contributed by atoms with Crippen LogP contribution in [0.25, 0.3) is 0 Å². The number of anilines is 1. The van der Waals surface area contributed by atoms with Crippen LogP contribution in [0.2, 0.25) is 5.02 Å². The van der Waals surface area contributed by atoms with E-state index in [4.69, 9.17) is 17.0 Å². The molecule has 86 valence electrons. The second-order valence-electron chi connectivity index (χ2n) is 3.77. The van der Waals surface area contributed by atoms with Crippen molar-refractivity contribution in [1.29, 1.82) is 5.41 Å². The van der Waals surface area contributed by atoms with Gasteiger partial charge in [0.1, 0.15) is 11.7 Å². The summed E-state index contributed by atoms with van der Waals surface area (Å²) in [5, 5.41) is 8.23. The SMILES string of the molecule is N=C1CCCCN1c1c(Cl)cc(F)cc1Br. The fourth-order valence-corrected chi connectivity index (χ4v) is 2.94. The van der Waals surface area contributed by atoms with Crippen LogP contribution in [0.15, 0.2) is 16.6 Å². The van der Waals surface area contributed by atoms with Gasteiger partial charge < -0.3 is 4.90 Å². The van der Waals surface area contributed by atoms with Crippen molar-refractivity contribution in [3.8, 4) is 0 Å². The minimum absolute atomic E-state index is 0.346. The molecule has 0 bridgehead atoms. The second kappa shape index (κ2) is 4.72. The smallest absolute Gasteiger partial charge is 0.125 e. The Hall–Kier alpha value is -0.610. The van der Waals surface area contributed by atoms with Crippen LogP contribution in [0.5, 0.6) is 0 Å². The summed E-state index contributed by atoms with van der Waals surface area (Å²) in [5.74, 6) is 0.171. The summed E-state index contributed by atoms with van der Waals surface area (Å²) in [6.45, 7) is 0.767. The van der Waals surface area contributed by atoms with E-state index < -0.39 is 0 Å². The van der Waals surface area contributed by atoms with Crippen LogP contribution in [-0.4, -0.2) is 12.4 Å². The van der Waals surface area contributed by atoms with Gasteiger partial charge >= 0.3 is 0 Å². The van der Waals surface area contributed by atoms with Gasteiger partial charge in [-0.3, -0.25) is 5.41 Å². The number of halogens is 3. The highest BCUT2D eigenvalue weighted by Crippen LogP contribution is 2.36. The number of nitrogens with one attached hydrogen (secondary N) is 1. The Kier molecular flexibility index (Phi) is 3.50. The van der Waals surface area contributed by atoms with Crippen molar-refractivity contribution >= 4 is 39.1 Å². The van der Waals surface area contributed by atoms with Gasteiger partial charge in [-0.1, -0.05) is 11.6 Å². The van der Waals surface area contributed by atoms with Crippen LogP contribution in [0, 0.1) is 11.2 Å². The number of amidine groups is 1. The lowest BCUT2D eigenvalue weighted by atomic mass is 10.1. The fraction of sp³-hybridized carbons (Fsp3) is 0.364. The zero-order valence-corrected chi connectivity index (χ0v) is 10.9. The molecule has 0 spiro atoms. The molecule has 1 N–H and O–H groups in total. The summed E-state index contributed by atoms with van der Waals surface area (Å²) in [4.78, 5) is 1.84. The number of hydrogen-bond acceptors (Lipinski definition) is 1. The maximum Gasteiger partial charge on any atom is 0.125 e. The number of nitrogens with zero attached hydrogens (tertiary/aromatic N) is 1. The third-order valence-electron chi connectivity index (χ3n) is 2.62. The molecule has 1 aliphatic rings. The van der Waals surface area contributed by atoms with Crippen molar-refractivity contribution < 1.29 is 4.39 Å². The standard InChI is InChI=1S/C11H11BrClFN2/c12-8-5-7(14)6-9(13)11(8)16-4-2-1-3-10(16)15/h5-6,15H,1-4H2. The first kappa shape index (κ1) is 11.9. The highest BCUT2D eigenvalue weighted by molar-refractivity contribution is 9.10. The van der Waals surface area contributed by atoms with Crippen LogP contribution in [0.1, 0.15) is 19.3 Å². The summed E-state index contributed by atoms with van der Waals surface area (Å²) in [5.41, 5.74) is 0.702. The van der Waals surface area contributed by atoms with Gasteiger partial charge in [0.15, 0.2) is 0 Å². The maximum atomic E-state index is 13.1. The topological polar surface area (TPSA) is 27.1 Å². The lowest BCUT2D eigenvalue weighted by molar-refractivity contribution is 0.626. The maximum absolute atomic E-state index is 13.1. The summed E-state index contributed by atoms with van der Waals surface area (Å²) < 4.78 is 13.7. The van der Waals surface area contributed by atoms with E-state index in [-0.39, 0.29) is 5.82 Å². The molecule has 0 aliphatic carbocycles. The molecule has 1 saturated heterocycles. The van der Waals surface area contributed by atoms with E-state index in [1.807, 2.05) is 4.90 Å². The molecule has 0 atom stereocenters. The van der Waals surface area contributed by atoms with Crippen molar-refractivity contribution in [2.24, 2.45) is 0 Å². The highest BCUT2D eigenvalue weighted by atomic mass is 79.9. The Balaban J connectivity index is 2.42. The minimum atomic E-state index is -0.371. The van der Waals surface area contributed by atoms with Gasteiger partial charge in [0.25, 0.3) is 0 Å². The first-order valence-corrected chi connectivity index (χ1v) is 6.26. The van der Waals surface area contributed by atoms with Crippen LogP contribution < -0.4 is 4.90 Å². The first-order valence-electron chi connectivity index (χ1n) is 5.09. The fourth-order valence-electron chi connectivity index (χ4n) is 1.87. The molecule has 0 aromatic heterocycles. The Morgan fingerprint density at radius 1 is 1.38 bits per heavy atom. The van der Waals surface area contributed by atoms with E-state index in [1.54, 1.807) is 0 Å². The van der Waals surface area contributed by atoms with Gasteiger partial charge in [0.2, 0.25) is 0 Å². The quantitative estimate of drug-likeness (QED) is 0.827. The number of piperidine rings is 1. The van der Waals surface area contributed by atoms with E-state index in [0.717, 1.165) is 25.8 Å². The molecule has 0 saturated carbocycles. The lowest BCUT2D eigenvalue weighted by Gasteiger charge is -2.30. The molecule has 1 aliphatic heterocycles. The minimum Gasteiger partial charge on any atom is -0.328 e. The second-order valence-corrected chi connectivity index (χ2v) is 5.04. The van der Waals surface area contributed by atoms with Crippen molar-refractivity contribution in [2.45, 2.75) is 19.3 Å². The molecule has 2 nitrogen and oxygen atoms in total. The molecular formula is C11H11BrClFN2. The lowest BCUT2D eigenvalue weighted by Crippen LogP contribution is -2.35. The van der Waals surface area contributed by atoms with E-state index in [0.29, 0.717) is 21.0 Å². The Morgan fingerprint density at radius 3 is 2.75 bits per heavy atom. The van der Waals surface area contributed by atoms with Crippen molar-refractivity contribution in [3.63, 3.8) is 0 Å². The number of benzene rings is 1. The molecule has 1 aromatic rings. The zero-order valence-electron chi connectivity index (χ0n) is 8.56. The molecule has 1 heterocycles. The number of hydrogen-bond donors (Lipinski definition) is 1. The normalized spacial score (nSPS) is 16.7. The van der Waals surface area contributed by atoms with Crippen molar-refractivity contribution in [3.05, 3.63) is 27.4 Å². The molecule has 16 heavy (non-hydrogen) atoms. The van der Waals surface area contributed by atoms with Gasteiger partial charge in [0, 0.05) is 17.4 Å². The van der Waals surface area contributed by atoms with E-state index in [2.05, 4.69) is 15.9 Å². The monoisotopic (exact) mass is 304 g/mol. The summed E-state index contributed by atoms with van der Waals surface area (Å²) >= 11 is 9.32. The predicted molar refractivity (Wildman–Crippen MR) is 68.0 cm³/mol. The van der Waals surface area contributed by atoms with Gasteiger partial charge in [-0.05, 0) is 40.9 Å². The predicted octanol–water partition coefficient (Wildman–Crippen LogP) is 4.21. The van der Waals surface area contributed by atoms with Gasteiger partial charge in [0.05, 0.1) is 10.7 Å². The number of rotatable bonds is 1. The van der Waals surface area contributed by atoms with E-state index in [9.17, 15) is 4.39 Å². The average Bonchev–Trinajstić information content (AvgIpc) is 2.19. The molecule has 0 amide bonds. The Bertz CT molecular complexity index is 413. The molecule has 1 aromatic carbocycles. The van der Waals surface area contributed by atoms with Crippen LogP contribution in [0.4, 0.5) is 10.1 Å². The first-order chi connectivity index (χ1) is 7.59. The van der Waals surface area contributed by atoms with Crippen molar-refractivity contribution in [1.82, 2.24) is 0 Å². The largest absolute Gasteiger partial charge is 0.328 e. The zero-order chi connectivity index (χ0) is 11.7. The molecule has 1 fully saturated rings. The third kappa shape index (κ3) is 2.23. The van der Waals surface area contributed by atoms with Crippen LogP contribution in [0.3, 0.4) is 0 Å². The molecule has 0 radical (unpaired) electrons. The summed E-state index contributed by atoms with van der Waals surface area (Å²) in [7, 11) is 0. The molecule has 5 heteroatoms. The average molecular weight is 306 g/mol. The molecular weight excluding hydrogens is 294 g/mol. The summed E-state index contributed by atoms with van der Waals surface area (Å²) in [6.07, 6.45) is 2.81. The molecule has 0 unspecified atom stereocenters. The Labute approximate surface area is 107 Å². The van der Waals surface area contributed by atoms with Crippen LogP contribution >= 0.6 is 27.5 Å². The molecule has 2 rings (SSSR count). The summed E-state index contributed by atoms with van der Waals surface area (Å²) in [6, 6.07) is 2.66. The van der Waals surface area contributed by atoms with Gasteiger partial charge in [-0.25, -0.2) is 4.39 Å². The highest BCUT2D eigenvalue weighted by Gasteiger charge is 2.21. The van der Waals surface area contributed by atoms with Crippen LogP contribution in [-0.2, 0) is 0 Å².